The first-order valence-electron chi connectivity index (χ1n) is 5.30. The van der Waals surface area contributed by atoms with E-state index in [0.717, 1.165) is 0 Å². The van der Waals surface area contributed by atoms with E-state index < -0.39 is 21.9 Å². The van der Waals surface area contributed by atoms with Gasteiger partial charge in [-0.3, -0.25) is 4.79 Å². The van der Waals surface area contributed by atoms with Crippen LogP contribution in [0.4, 0.5) is 9.57 Å². The highest BCUT2D eigenvalue weighted by atomic mass is 35.5. The van der Waals surface area contributed by atoms with Gasteiger partial charge in [-0.25, -0.2) is 4.98 Å². The van der Waals surface area contributed by atoms with Gasteiger partial charge in [0.15, 0.2) is 5.15 Å². The van der Waals surface area contributed by atoms with Crippen LogP contribution in [0.25, 0.3) is 0 Å². The summed E-state index contributed by atoms with van der Waals surface area (Å²) >= 11 is 11.8. The Balaban J connectivity index is 2.26. The van der Waals surface area contributed by atoms with Gasteiger partial charge in [-0.15, -0.1) is 3.89 Å². The lowest BCUT2D eigenvalue weighted by Crippen LogP contribution is -2.26. The van der Waals surface area contributed by atoms with Crippen LogP contribution in [0.1, 0.15) is 6.42 Å². The van der Waals surface area contributed by atoms with Crippen LogP contribution >= 0.6 is 23.2 Å². The first kappa shape index (κ1) is 14.5. The third kappa shape index (κ3) is 3.34. The third-order valence-corrected chi connectivity index (χ3v) is 4.19. The molecule has 0 spiro atoms. The molecule has 1 aliphatic rings. The van der Waals surface area contributed by atoms with Crippen LogP contribution in [0, 0.1) is 5.92 Å². The first-order chi connectivity index (χ1) is 8.78. The van der Waals surface area contributed by atoms with Crippen LogP contribution < -0.4 is 4.90 Å². The molecule has 1 atom stereocenters. The summed E-state index contributed by atoms with van der Waals surface area (Å²) in [6.45, 7) is 0.0487. The highest BCUT2D eigenvalue weighted by Gasteiger charge is 2.35. The Hall–Kier alpha value is -0.920. The van der Waals surface area contributed by atoms with Crippen LogP contribution in [0.5, 0.6) is 0 Å². The van der Waals surface area contributed by atoms with Crippen LogP contribution in [0.3, 0.4) is 0 Å². The number of pyridine rings is 1. The molecule has 0 aromatic carbocycles. The van der Waals surface area contributed by atoms with Crippen LogP contribution in [0.2, 0.25) is 10.2 Å². The minimum absolute atomic E-state index is 0.0459. The van der Waals surface area contributed by atoms with E-state index >= 15 is 0 Å². The SMILES string of the molecule is O=C1CC(CS(=O)(=O)F)CN1c1c(Cl)ccnc1Cl. The van der Waals surface area contributed by atoms with E-state index in [1.54, 1.807) is 0 Å². The van der Waals surface area contributed by atoms with Crippen LogP contribution in [0.15, 0.2) is 12.3 Å². The molecular formula is C10H9Cl2FN2O3S. The van der Waals surface area contributed by atoms with E-state index in [1.807, 2.05) is 0 Å². The summed E-state index contributed by atoms with van der Waals surface area (Å²) in [7, 11) is -4.62. The van der Waals surface area contributed by atoms with Crippen molar-refractivity contribution in [1.82, 2.24) is 4.98 Å². The molecule has 104 valence electrons. The van der Waals surface area contributed by atoms with E-state index in [-0.39, 0.29) is 34.7 Å². The number of halogens is 3. The molecule has 1 aromatic heterocycles. The summed E-state index contributed by atoms with van der Waals surface area (Å²) in [5.74, 6) is -1.66. The number of hydrogen-bond donors (Lipinski definition) is 0. The first-order valence-corrected chi connectivity index (χ1v) is 7.61. The van der Waals surface area contributed by atoms with E-state index in [0.29, 0.717) is 0 Å². The Kier molecular flexibility index (Phi) is 3.98. The molecule has 5 nitrogen and oxygen atoms in total. The van der Waals surface area contributed by atoms with Crippen molar-refractivity contribution in [2.75, 3.05) is 17.2 Å². The second-order valence-corrected chi connectivity index (χ2v) is 6.39. The second-order valence-electron chi connectivity index (χ2n) is 4.21. The van der Waals surface area contributed by atoms with Crippen molar-refractivity contribution in [3.8, 4) is 0 Å². The number of carbonyl (C=O) groups is 1. The number of hydrogen-bond acceptors (Lipinski definition) is 4. The molecular weight excluding hydrogens is 318 g/mol. The molecule has 1 unspecified atom stereocenters. The van der Waals surface area contributed by atoms with Crippen LogP contribution in [-0.2, 0) is 15.0 Å². The maximum absolute atomic E-state index is 12.6. The molecule has 0 bridgehead atoms. The topological polar surface area (TPSA) is 67.3 Å². The Morgan fingerprint density at radius 1 is 1.47 bits per heavy atom. The van der Waals surface area contributed by atoms with Gasteiger partial charge in [0.2, 0.25) is 5.91 Å². The minimum Gasteiger partial charge on any atom is -0.308 e. The van der Waals surface area contributed by atoms with Crippen molar-refractivity contribution in [2.45, 2.75) is 6.42 Å². The van der Waals surface area contributed by atoms with Crippen molar-refractivity contribution >= 4 is 45.0 Å². The van der Waals surface area contributed by atoms with E-state index in [2.05, 4.69) is 4.98 Å². The van der Waals surface area contributed by atoms with Gasteiger partial charge in [0, 0.05) is 25.1 Å². The lowest BCUT2D eigenvalue weighted by molar-refractivity contribution is -0.117. The molecule has 0 saturated carbocycles. The molecule has 2 rings (SSSR count). The largest absolute Gasteiger partial charge is 0.308 e. The van der Waals surface area contributed by atoms with Crippen molar-refractivity contribution < 1.29 is 17.1 Å². The zero-order valence-electron chi connectivity index (χ0n) is 9.51. The van der Waals surface area contributed by atoms with E-state index in [9.17, 15) is 17.1 Å². The van der Waals surface area contributed by atoms with Crippen LogP contribution in [-0.4, -0.2) is 31.6 Å². The lowest BCUT2D eigenvalue weighted by atomic mass is 10.1. The fourth-order valence-corrected chi connectivity index (χ4v) is 3.38. The number of amides is 1. The summed E-state index contributed by atoms with van der Waals surface area (Å²) in [6.07, 6.45) is 1.32. The average Bonchev–Trinajstić information content (AvgIpc) is 2.56. The summed E-state index contributed by atoms with van der Waals surface area (Å²) in [4.78, 5) is 16.9. The van der Waals surface area contributed by atoms with Crippen molar-refractivity contribution in [3.63, 3.8) is 0 Å². The molecule has 0 radical (unpaired) electrons. The fourth-order valence-electron chi connectivity index (χ4n) is 2.04. The highest BCUT2D eigenvalue weighted by molar-refractivity contribution is 7.86. The standard InChI is InChI=1S/C10H9Cl2FN2O3S/c11-7-1-2-14-10(12)9(7)15-4-6(3-8(15)16)5-19(13,17)18/h1-2,6H,3-5H2. The fraction of sp³-hybridized carbons (Fsp3) is 0.400. The quantitative estimate of drug-likeness (QED) is 0.629. The molecule has 1 fully saturated rings. The average molecular weight is 327 g/mol. The summed E-state index contributed by atoms with van der Waals surface area (Å²) in [6, 6.07) is 1.47. The minimum atomic E-state index is -4.62. The van der Waals surface area contributed by atoms with Gasteiger partial charge in [0.05, 0.1) is 10.8 Å². The summed E-state index contributed by atoms with van der Waals surface area (Å²) < 4.78 is 33.9. The predicted octanol–water partition coefficient (Wildman–Crippen LogP) is 2.04. The van der Waals surface area contributed by atoms with Gasteiger partial charge >= 0.3 is 10.2 Å². The van der Waals surface area contributed by atoms with E-state index in [4.69, 9.17) is 23.2 Å². The number of carbonyl (C=O) groups excluding carboxylic acids is 1. The summed E-state index contributed by atoms with van der Waals surface area (Å²) in [5.41, 5.74) is 0.231. The smallest absolute Gasteiger partial charge is 0.302 e. The van der Waals surface area contributed by atoms with Gasteiger partial charge in [-0.05, 0) is 6.07 Å². The van der Waals surface area contributed by atoms with Gasteiger partial charge in [-0.1, -0.05) is 23.2 Å². The molecule has 1 saturated heterocycles. The monoisotopic (exact) mass is 326 g/mol. The number of aromatic nitrogens is 1. The Morgan fingerprint density at radius 3 is 2.74 bits per heavy atom. The maximum atomic E-state index is 12.6. The summed E-state index contributed by atoms with van der Waals surface area (Å²) in [5, 5.41) is 0.279. The second kappa shape index (κ2) is 5.22. The van der Waals surface area contributed by atoms with Crippen molar-refractivity contribution in [3.05, 3.63) is 22.4 Å². The highest BCUT2D eigenvalue weighted by Crippen LogP contribution is 2.36. The van der Waals surface area contributed by atoms with Gasteiger partial charge < -0.3 is 4.90 Å². The van der Waals surface area contributed by atoms with Gasteiger partial charge in [0.1, 0.15) is 5.69 Å². The van der Waals surface area contributed by atoms with Crippen molar-refractivity contribution in [2.24, 2.45) is 5.92 Å². The molecule has 0 N–H and O–H groups in total. The third-order valence-electron chi connectivity index (χ3n) is 2.74. The molecule has 1 aromatic rings. The number of nitrogens with zero attached hydrogens (tertiary/aromatic N) is 2. The zero-order valence-corrected chi connectivity index (χ0v) is 11.8. The Bertz CT molecular complexity index is 603. The van der Waals surface area contributed by atoms with Gasteiger partial charge in [-0.2, -0.15) is 8.42 Å². The van der Waals surface area contributed by atoms with Crippen molar-refractivity contribution in [1.29, 1.82) is 0 Å². The molecule has 0 aliphatic carbocycles. The maximum Gasteiger partial charge on any atom is 0.302 e. The van der Waals surface area contributed by atoms with Gasteiger partial charge in [0.25, 0.3) is 0 Å². The number of rotatable bonds is 3. The molecule has 19 heavy (non-hydrogen) atoms. The Labute approximate surface area is 119 Å². The van der Waals surface area contributed by atoms with E-state index in [1.165, 1.54) is 17.2 Å². The molecule has 9 heteroatoms. The lowest BCUT2D eigenvalue weighted by Gasteiger charge is -2.18. The predicted molar refractivity (Wildman–Crippen MR) is 69.6 cm³/mol. The number of anilines is 1. The zero-order chi connectivity index (χ0) is 14.2. The Morgan fingerprint density at radius 2 is 2.16 bits per heavy atom. The molecule has 2 heterocycles. The molecule has 1 aliphatic heterocycles. The molecule has 1 amide bonds. The normalized spacial score (nSPS) is 20.1.